The van der Waals surface area contributed by atoms with Crippen LogP contribution in [0.5, 0.6) is 5.75 Å². The fourth-order valence-corrected chi connectivity index (χ4v) is 9.65. The number of carbonyl (C=O) groups excluding carboxylic acids is 7. The van der Waals surface area contributed by atoms with Crippen LogP contribution in [0.1, 0.15) is 59.5 Å². The highest BCUT2D eigenvalue weighted by Crippen LogP contribution is 2.26. The molecule has 3 heterocycles. The molecular weight excluding hydrogens is 981 g/mol. The van der Waals surface area contributed by atoms with Gasteiger partial charge in [0.05, 0.1) is 6.54 Å². The van der Waals surface area contributed by atoms with E-state index in [0.717, 1.165) is 16.5 Å². The van der Waals surface area contributed by atoms with Crippen molar-refractivity contribution in [3.05, 3.63) is 174 Å². The molecule has 0 spiro atoms. The maximum absolute atomic E-state index is 15.3. The van der Waals surface area contributed by atoms with Gasteiger partial charge in [-0.3, -0.25) is 28.8 Å². The molecule has 0 bridgehead atoms. The predicted octanol–water partition coefficient (Wildman–Crippen LogP) is 3.37. The number of unbranched alkanes of at least 4 members (excludes halogenated alkanes) is 1. The van der Waals surface area contributed by atoms with Crippen LogP contribution < -0.4 is 48.1 Å². The number of H-pyrrole nitrogens is 1. The Balaban J connectivity index is 1.19. The van der Waals surface area contributed by atoms with Crippen LogP contribution >= 0.6 is 0 Å². The largest absolute Gasteiger partial charge is 0.489 e. The summed E-state index contributed by atoms with van der Waals surface area (Å²) in [5, 5.41) is 17.9. The number of fused-ring (bicyclic) bond motifs is 2. The number of carbonyl (C=O) groups is 7. The highest BCUT2D eigenvalue weighted by molar-refractivity contribution is 5.99. The number of aromatic amines is 1. The molecule has 19 heteroatoms. The molecule has 19 nitrogen and oxygen atoms in total. The number of hydrogen-bond donors (Lipinski definition) is 9. The second kappa shape index (κ2) is 26.8. The van der Waals surface area contributed by atoms with Crippen molar-refractivity contribution < 1.29 is 43.0 Å². The minimum absolute atomic E-state index is 0.0385. The molecule has 0 radical (unpaired) electrons. The van der Waals surface area contributed by atoms with Gasteiger partial charge in [0.2, 0.25) is 35.4 Å². The van der Waals surface area contributed by atoms with Gasteiger partial charge in [-0.25, -0.2) is 4.79 Å². The quantitative estimate of drug-likeness (QED) is 0.0598. The lowest BCUT2D eigenvalue weighted by molar-refractivity contribution is -0.143. The number of amides is 7. The van der Waals surface area contributed by atoms with E-state index in [9.17, 15) is 24.0 Å². The second-order valence-corrected chi connectivity index (χ2v) is 19.2. The first kappa shape index (κ1) is 54.7. The SMILES string of the molecule is NCCCC[C@@H]1NC(=O)[C@@H](Cc2c[nH]c3ccccc23)NC(=O)C(c2ccccc2)NC(=O)[C@@H]2C[C@@H](OC(=O)NCCN)CN2C(=O)[C@H](Cc2ccccc2)NC(=O)[C@H](Cc2ccc(OCc3ccccc3)cc2)NC1=O. The molecule has 2 aliphatic heterocycles. The van der Waals surface area contributed by atoms with Gasteiger partial charge >= 0.3 is 6.09 Å². The molecule has 5 aromatic carbocycles. The summed E-state index contributed by atoms with van der Waals surface area (Å²) in [6.07, 6.45) is 0.652. The molecule has 0 saturated carbocycles. The molecule has 2 saturated heterocycles. The van der Waals surface area contributed by atoms with E-state index in [1.807, 2.05) is 60.7 Å². The van der Waals surface area contributed by atoms with Crippen molar-refractivity contribution in [1.82, 2.24) is 41.8 Å². The summed E-state index contributed by atoms with van der Waals surface area (Å²) in [5.41, 5.74) is 15.7. The first-order valence-corrected chi connectivity index (χ1v) is 26.0. The summed E-state index contributed by atoms with van der Waals surface area (Å²) in [4.78, 5) is 107. The van der Waals surface area contributed by atoms with Crippen LogP contribution in [-0.2, 0) is 59.4 Å². The smallest absolute Gasteiger partial charge is 0.407 e. The Bertz CT molecular complexity index is 2960. The van der Waals surface area contributed by atoms with E-state index < -0.39 is 83.9 Å². The third kappa shape index (κ3) is 14.9. The summed E-state index contributed by atoms with van der Waals surface area (Å²) < 4.78 is 11.8. The van der Waals surface area contributed by atoms with Gasteiger partial charge < -0.3 is 62.7 Å². The fourth-order valence-electron chi connectivity index (χ4n) is 9.65. The van der Waals surface area contributed by atoms with Gasteiger partial charge in [0.25, 0.3) is 0 Å². The molecule has 2 aliphatic rings. The van der Waals surface area contributed by atoms with Crippen LogP contribution in [0.25, 0.3) is 10.9 Å². The number of rotatable bonds is 17. The first-order valence-electron chi connectivity index (χ1n) is 26.0. The predicted molar refractivity (Wildman–Crippen MR) is 288 cm³/mol. The van der Waals surface area contributed by atoms with Crippen molar-refractivity contribution in [3.63, 3.8) is 0 Å². The van der Waals surface area contributed by atoms with E-state index >= 15 is 9.59 Å². The number of nitrogens with zero attached hydrogens (tertiary/aromatic N) is 1. The minimum atomic E-state index is -1.42. The number of aromatic nitrogens is 1. The lowest BCUT2D eigenvalue weighted by atomic mass is 9.99. The Morgan fingerprint density at radius 3 is 1.87 bits per heavy atom. The zero-order valence-corrected chi connectivity index (χ0v) is 42.7. The standard InChI is InChI=1S/C58H66N10O9/c59-27-13-12-22-46-52(69)64-47(30-38-23-25-42(26-24-38)76-36-39-16-6-2-7-17-39)53(70)66-49(31-37-14-4-1-5-15-37)57(74)68-35-43(77-58(75)61-29-28-60)33-50(68)55(72)67-51(40-18-8-3-9-19-40)56(73)65-48(54(71)63-46)32-41-34-62-45-21-11-10-20-44(41)45/h1-11,14-21,23-26,34,43,46-51,62H,12-13,22,27-33,35-36,59-60H2,(H,61,75)(H,63,71)(H,64,69)(H,65,73)(H,66,70)(H,67,72)/t43-,46+,47+,48-,49+,50+,51?/m1/s1. The maximum atomic E-state index is 15.3. The summed E-state index contributed by atoms with van der Waals surface area (Å²) in [7, 11) is 0. The lowest BCUT2D eigenvalue weighted by Crippen LogP contribution is -2.61. The van der Waals surface area contributed by atoms with Crippen LogP contribution in [0.2, 0.25) is 0 Å². The van der Waals surface area contributed by atoms with E-state index in [0.29, 0.717) is 54.0 Å². The Kier molecular flexibility index (Phi) is 19.0. The molecular formula is C58H66N10O9. The van der Waals surface area contributed by atoms with Gasteiger partial charge in [-0.2, -0.15) is 0 Å². The molecule has 1 aromatic heterocycles. The third-order valence-electron chi connectivity index (χ3n) is 13.7. The topological polar surface area (TPSA) is 281 Å². The summed E-state index contributed by atoms with van der Waals surface area (Å²) in [6, 6.07) is 33.6. The zero-order valence-electron chi connectivity index (χ0n) is 42.7. The van der Waals surface area contributed by atoms with E-state index in [1.165, 1.54) is 4.90 Å². The van der Waals surface area contributed by atoms with Crippen molar-refractivity contribution in [2.24, 2.45) is 11.5 Å². The summed E-state index contributed by atoms with van der Waals surface area (Å²) in [5.74, 6) is -3.76. The van der Waals surface area contributed by atoms with Crippen molar-refractivity contribution in [2.75, 3.05) is 26.2 Å². The monoisotopic (exact) mass is 1050 g/mol. The number of benzene rings is 5. The van der Waals surface area contributed by atoms with Crippen LogP contribution in [0.4, 0.5) is 4.79 Å². The molecule has 11 N–H and O–H groups in total. The van der Waals surface area contributed by atoms with Crippen LogP contribution in [0, 0.1) is 0 Å². The van der Waals surface area contributed by atoms with Crippen LogP contribution in [0.3, 0.4) is 0 Å². The minimum Gasteiger partial charge on any atom is -0.489 e. The fraction of sp³-hybridized carbons (Fsp3) is 0.328. The third-order valence-corrected chi connectivity index (χ3v) is 13.7. The van der Waals surface area contributed by atoms with Gasteiger partial charge in [-0.15, -0.1) is 0 Å². The van der Waals surface area contributed by atoms with Crippen molar-refractivity contribution in [2.45, 2.75) is 93.9 Å². The highest BCUT2D eigenvalue weighted by atomic mass is 16.6. The van der Waals surface area contributed by atoms with Gasteiger partial charge in [0, 0.05) is 55.9 Å². The maximum Gasteiger partial charge on any atom is 0.407 e. The normalized spacial score (nSPS) is 21.6. The van der Waals surface area contributed by atoms with Gasteiger partial charge in [0.1, 0.15) is 54.7 Å². The van der Waals surface area contributed by atoms with E-state index in [1.54, 1.807) is 85.1 Å². The van der Waals surface area contributed by atoms with E-state index in [4.69, 9.17) is 20.9 Å². The summed E-state index contributed by atoms with van der Waals surface area (Å²) >= 11 is 0. The lowest BCUT2D eigenvalue weighted by Gasteiger charge is -2.32. The second-order valence-electron chi connectivity index (χ2n) is 19.2. The molecule has 7 amide bonds. The zero-order chi connectivity index (χ0) is 54.1. The number of ether oxygens (including phenoxy) is 2. The molecule has 77 heavy (non-hydrogen) atoms. The van der Waals surface area contributed by atoms with Crippen molar-refractivity contribution >= 4 is 52.4 Å². The molecule has 1 unspecified atom stereocenters. The Morgan fingerprint density at radius 2 is 1.17 bits per heavy atom. The van der Waals surface area contributed by atoms with Gasteiger partial charge in [-0.1, -0.05) is 121 Å². The number of hydrogen-bond acceptors (Lipinski definition) is 11. The van der Waals surface area contributed by atoms with Crippen LogP contribution in [0.15, 0.2) is 146 Å². The van der Waals surface area contributed by atoms with Gasteiger partial charge in [-0.05, 0) is 71.8 Å². The average molecular weight is 1050 g/mol. The van der Waals surface area contributed by atoms with E-state index in [-0.39, 0.29) is 51.7 Å². The Hall–Kier alpha value is -8.55. The average Bonchev–Trinajstić information content (AvgIpc) is 4.08. The molecule has 6 aromatic rings. The van der Waals surface area contributed by atoms with Crippen molar-refractivity contribution in [1.29, 1.82) is 0 Å². The number of nitrogens with one attached hydrogen (secondary N) is 7. The molecule has 0 aliphatic carbocycles. The highest BCUT2D eigenvalue weighted by Gasteiger charge is 2.45. The number of para-hydroxylation sites is 1. The molecule has 8 rings (SSSR count). The molecule has 7 atom stereocenters. The van der Waals surface area contributed by atoms with Crippen LogP contribution in [-0.4, -0.2) is 114 Å². The Labute approximate surface area is 446 Å². The first-order chi connectivity index (χ1) is 37.5. The Morgan fingerprint density at radius 1 is 0.584 bits per heavy atom. The van der Waals surface area contributed by atoms with Crippen molar-refractivity contribution in [3.8, 4) is 5.75 Å². The van der Waals surface area contributed by atoms with E-state index in [2.05, 4.69) is 36.9 Å². The van der Waals surface area contributed by atoms with Gasteiger partial charge in [0.15, 0.2) is 0 Å². The summed E-state index contributed by atoms with van der Waals surface area (Å²) in [6.45, 7) is 0.617. The molecule has 402 valence electrons. The number of alkyl carbamates (subject to hydrolysis) is 1. The molecule has 2 fully saturated rings. The number of nitrogens with two attached hydrogens (primary N) is 2.